The largest absolute Gasteiger partial charge is 0.347 e. The molecule has 0 aromatic heterocycles. The fourth-order valence-corrected chi connectivity index (χ4v) is 3.28. The number of amides is 2. The van der Waals surface area contributed by atoms with Crippen molar-refractivity contribution < 1.29 is 14.0 Å². The SMILES string of the molecule is CN1CC[C@@H](NC(=O)c2ccc(NC=O)cc2)[C@@H]1c1ccc(F)cc1. The Bertz CT molecular complexity index is 746. The van der Waals surface area contributed by atoms with Crippen LogP contribution in [0.3, 0.4) is 0 Å². The van der Waals surface area contributed by atoms with Crippen molar-refractivity contribution in [2.45, 2.75) is 18.5 Å². The first-order valence-corrected chi connectivity index (χ1v) is 8.15. The van der Waals surface area contributed by atoms with Gasteiger partial charge in [0.25, 0.3) is 5.91 Å². The highest BCUT2D eigenvalue weighted by Gasteiger charge is 2.34. The van der Waals surface area contributed by atoms with Gasteiger partial charge in [0.15, 0.2) is 0 Å². The molecule has 2 aromatic rings. The zero-order valence-corrected chi connectivity index (χ0v) is 13.9. The van der Waals surface area contributed by atoms with E-state index in [4.69, 9.17) is 0 Å². The van der Waals surface area contributed by atoms with Gasteiger partial charge in [-0.15, -0.1) is 0 Å². The lowest BCUT2D eigenvalue weighted by Crippen LogP contribution is -2.38. The zero-order chi connectivity index (χ0) is 17.8. The molecule has 0 saturated carbocycles. The Hall–Kier alpha value is -2.73. The van der Waals surface area contributed by atoms with Gasteiger partial charge in [0.2, 0.25) is 6.41 Å². The van der Waals surface area contributed by atoms with Gasteiger partial charge in [-0.25, -0.2) is 4.39 Å². The van der Waals surface area contributed by atoms with Crippen molar-refractivity contribution in [3.05, 3.63) is 65.5 Å². The van der Waals surface area contributed by atoms with Crippen LogP contribution in [0, 0.1) is 5.82 Å². The molecule has 2 N–H and O–H groups in total. The monoisotopic (exact) mass is 341 g/mol. The van der Waals surface area contributed by atoms with Crippen LogP contribution in [0.4, 0.5) is 10.1 Å². The Balaban J connectivity index is 1.72. The molecule has 2 aromatic carbocycles. The smallest absolute Gasteiger partial charge is 0.251 e. The highest BCUT2D eigenvalue weighted by Crippen LogP contribution is 2.31. The Morgan fingerprint density at radius 2 is 1.84 bits per heavy atom. The molecule has 1 aliphatic heterocycles. The highest BCUT2D eigenvalue weighted by molar-refractivity contribution is 5.95. The number of hydrogen-bond acceptors (Lipinski definition) is 3. The van der Waals surface area contributed by atoms with Crippen LogP contribution in [0.15, 0.2) is 48.5 Å². The number of rotatable bonds is 5. The number of anilines is 1. The first-order chi connectivity index (χ1) is 12.1. The van der Waals surface area contributed by atoms with E-state index in [0.29, 0.717) is 17.7 Å². The van der Waals surface area contributed by atoms with Gasteiger partial charge in [0.05, 0.1) is 12.1 Å². The third-order valence-electron chi connectivity index (χ3n) is 4.55. The maximum absolute atomic E-state index is 13.2. The molecule has 1 saturated heterocycles. The molecule has 130 valence electrons. The Morgan fingerprint density at radius 1 is 1.16 bits per heavy atom. The summed E-state index contributed by atoms with van der Waals surface area (Å²) in [5, 5.41) is 5.61. The van der Waals surface area contributed by atoms with Gasteiger partial charge in [0.1, 0.15) is 5.82 Å². The van der Waals surface area contributed by atoms with Crippen LogP contribution in [-0.4, -0.2) is 36.9 Å². The van der Waals surface area contributed by atoms with Gasteiger partial charge in [0, 0.05) is 17.8 Å². The molecule has 1 fully saturated rings. The van der Waals surface area contributed by atoms with Crippen molar-refractivity contribution in [2.75, 3.05) is 18.9 Å². The predicted molar refractivity (Wildman–Crippen MR) is 93.8 cm³/mol. The highest BCUT2D eigenvalue weighted by atomic mass is 19.1. The van der Waals surface area contributed by atoms with E-state index in [9.17, 15) is 14.0 Å². The molecule has 0 unspecified atom stereocenters. The minimum atomic E-state index is -0.269. The van der Waals surface area contributed by atoms with Crippen LogP contribution >= 0.6 is 0 Å². The number of nitrogens with one attached hydrogen (secondary N) is 2. The zero-order valence-electron chi connectivity index (χ0n) is 13.9. The van der Waals surface area contributed by atoms with Crippen molar-refractivity contribution in [1.82, 2.24) is 10.2 Å². The second-order valence-corrected chi connectivity index (χ2v) is 6.19. The maximum Gasteiger partial charge on any atom is 0.251 e. The Morgan fingerprint density at radius 3 is 2.48 bits per heavy atom. The number of benzene rings is 2. The summed E-state index contributed by atoms with van der Waals surface area (Å²) in [6.45, 7) is 0.856. The molecule has 0 aliphatic carbocycles. The summed E-state index contributed by atoms with van der Waals surface area (Å²) >= 11 is 0. The third kappa shape index (κ3) is 3.85. The van der Waals surface area contributed by atoms with Gasteiger partial charge in [-0.1, -0.05) is 12.1 Å². The summed E-state index contributed by atoms with van der Waals surface area (Å²) in [5.41, 5.74) is 2.15. The van der Waals surface area contributed by atoms with Gasteiger partial charge < -0.3 is 10.6 Å². The van der Waals surface area contributed by atoms with Crippen LogP contribution < -0.4 is 10.6 Å². The van der Waals surface area contributed by atoms with Crippen LogP contribution in [0.1, 0.15) is 28.4 Å². The van der Waals surface area contributed by atoms with Gasteiger partial charge in [-0.2, -0.15) is 0 Å². The normalized spacial score (nSPS) is 20.2. The van der Waals surface area contributed by atoms with Crippen LogP contribution in [-0.2, 0) is 4.79 Å². The van der Waals surface area contributed by atoms with Crippen molar-refractivity contribution >= 4 is 18.0 Å². The first-order valence-electron chi connectivity index (χ1n) is 8.15. The molecular weight excluding hydrogens is 321 g/mol. The van der Waals surface area contributed by atoms with Crippen molar-refractivity contribution in [1.29, 1.82) is 0 Å². The first kappa shape index (κ1) is 17.1. The van der Waals surface area contributed by atoms with E-state index in [1.165, 1.54) is 12.1 Å². The van der Waals surface area contributed by atoms with Crippen LogP contribution in [0.5, 0.6) is 0 Å². The van der Waals surface area contributed by atoms with E-state index in [2.05, 4.69) is 15.5 Å². The number of halogens is 1. The lowest BCUT2D eigenvalue weighted by molar-refractivity contribution is -0.105. The summed E-state index contributed by atoms with van der Waals surface area (Å²) in [7, 11) is 2.00. The molecule has 1 heterocycles. The molecule has 3 rings (SSSR count). The van der Waals surface area contributed by atoms with Crippen molar-refractivity contribution in [3.63, 3.8) is 0 Å². The summed E-state index contributed by atoms with van der Waals surface area (Å²) < 4.78 is 13.2. The third-order valence-corrected chi connectivity index (χ3v) is 4.55. The standard InChI is InChI=1S/C19H20FN3O2/c1-23-11-10-17(18(23)13-2-6-15(20)7-3-13)22-19(25)14-4-8-16(9-5-14)21-12-24/h2-9,12,17-18H,10-11H2,1H3,(H,21,24)(H,22,25)/t17-,18+/m1/s1. The van der Waals surface area contributed by atoms with Crippen LogP contribution in [0.25, 0.3) is 0 Å². The topological polar surface area (TPSA) is 61.4 Å². The molecule has 0 spiro atoms. The second-order valence-electron chi connectivity index (χ2n) is 6.19. The molecular formula is C19H20FN3O2. The molecule has 25 heavy (non-hydrogen) atoms. The Labute approximate surface area is 145 Å². The van der Waals surface area contributed by atoms with E-state index < -0.39 is 0 Å². The van der Waals surface area contributed by atoms with Crippen molar-refractivity contribution in [2.24, 2.45) is 0 Å². The number of nitrogens with zero attached hydrogens (tertiary/aromatic N) is 1. The number of likely N-dealkylation sites (tertiary alicyclic amines) is 1. The number of carbonyl (C=O) groups excluding carboxylic acids is 2. The Kier molecular flexibility index (Phi) is 5.09. The maximum atomic E-state index is 13.2. The number of likely N-dealkylation sites (N-methyl/N-ethyl adjacent to an activating group) is 1. The van der Waals surface area contributed by atoms with Gasteiger partial charge in [-0.3, -0.25) is 14.5 Å². The van der Waals surface area contributed by atoms with E-state index in [-0.39, 0.29) is 23.8 Å². The number of hydrogen-bond donors (Lipinski definition) is 2. The average Bonchev–Trinajstić information content (AvgIpc) is 2.97. The lowest BCUT2D eigenvalue weighted by Gasteiger charge is -2.26. The quantitative estimate of drug-likeness (QED) is 0.822. The van der Waals surface area contributed by atoms with Gasteiger partial charge in [-0.05, 0) is 55.4 Å². The minimum Gasteiger partial charge on any atom is -0.347 e. The molecule has 0 radical (unpaired) electrons. The van der Waals surface area contributed by atoms with Crippen LogP contribution in [0.2, 0.25) is 0 Å². The minimum absolute atomic E-state index is 0.0144. The molecule has 1 aliphatic rings. The fourth-order valence-electron chi connectivity index (χ4n) is 3.28. The summed E-state index contributed by atoms with van der Waals surface area (Å²) in [4.78, 5) is 25.1. The second kappa shape index (κ2) is 7.44. The summed E-state index contributed by atoms with van der Waals surface area (Å²) in [6, 6.07) is 13.1. The fraction of sp³-hybridized carbons (Fsp3) is 0.263. The molecule has 2 amide bonds. The molecule has 2 atom stereocenters. The predicted octanol–water partition coefficient (Wildman–Crippen LogP) is 2.57. The lowest BCUT2D eigenvalue weighted by atomic mass is 9.99. The van der Waals surface area contributed by atoms with E-state index >= 15 is 0 Å². The van der Waals surface area contributed by atoms with Gasteiger partial charge >= 0.3 is 0 Å². The molecule has 5 nitrogen and oxygen atoms in total. The molecule has 6 heteroatoms. The van der Waals surface area contributed by atoms with E-state index in [1.54, 1.807) is 36.4 Å². The van der Waals surface area contributed by atoms with E-state index in [1.807, 2.05) is 7.05 Å². The van der Waals surface area contributed by atoms with Crippen molar-refractivity contribution in [3.8, 4) is 0 Å². The number of carbonyl (C=O) groups is 2. The summed E-state index contributed by atoms with van der Waals surface area (Å²) in [6.07, 6.45) is 1.42. The average molecular weight is 341 g/mol. The van der Waals surface area contributed by atoms with E-state index in [0.717, 1.165) is 18.5 Å². The summed E-state index contributed by atoms with van der Waals surface area (Å²) in [5.74, 6) is -0.431. The molecule has 0 bridgehead atoms.